The van der Waals surface area contributed by atoms with Crippen molar-refractivity contribution in [3.05, 3.63) is 35.4 Å². The number of amides is 2. The molecule has 1 aromatic carbocycles. The third-order valence-electron chi connectivity index (χ3n) is 5.61. The summed E-state index contributed by atoms with van der Waals surface area (Å²) in [6.45, 7) is 0.267. The molecule has 0 bridgehead atoms. The molecule has 0 radical (unpaired) electrons. The summed E-state index contributed by atoms with van der Waals surface area (Å²) in [5, 5.41) is 11.6. The van der Waals surface area contributed by atoms with Gasteiger partial charge in [-0.3, -0.25) is 0 Å². The zero-order valence-corrected chi connectivity index (χ0v) is 16.4. The quantitative estimate of drug-likeness (QED) is 0.824. The fraction of sp³-hybridized carbons (Fsp3) is 0.550. The van der Waals surface area contributed by atoms with Gasteiger partial charge in [0.1, 0.15) is 11.6 Å². The van der Waals surface area contributed by atoms with Crippen LogP contribution in [-0.2, 0) is 13.0 Å². The minimum atomic E-state index is -2.91. The van der Waals surface area contributed by atoms with Gasteiger partial charge in [0.25, 0.3) is 0 Å². The second-order valence-corrected chi connectivity index (χ2v) is 7.58. The van der Waals surface area contributed by atoms with Gasteiger partial charge in [-0.2, -0.15) is 8.78 Å². The molecule has 2 aliphatic rings. The number of ether oxygens (including phenoxy) is 1. The molecule has 3 heterocycles. The molecule has 156 valence electrons. The normalized spacial score (nSPS) is 19.2. The van der Waals surface area contributed by atoms with Crippen LogP contribution in [0.2, 0.25) is 0 Å². The molecule has 2 aromatic rings. The van der Waals surface area contributed by atoms with E-state index in [1.165, 1.54) is 12.5 Å². The summed E-state index contributed by atoms with van der Waals surface area (Å²) in [6.07, 6.45) is 6.01. The Balaban J connectivity index is 1.51. The van der Waals surface area contributed by atoms with Gasteiger partial charge >= 0.3 is 12.6 Å². The Morgan fingerprint density at radius 1 is 1.21 bits per heavy atom. The monoisotopic (exact) mass is 405 g/mol. The molecule has 1 N–H and O–H groups in total. The molecular formula is C20H25F2N5O2. The topological polar surface area (TPSA) is 72.3 Å². The number of urea groups is 1. The number of aromatic nitrogens is 3. The van der Waals surface area contributed by atoms with E-state index in [-0.39, 0.29) is 17.8 Å². The van der Waals surface area contributed by atoms with Gasteiger partial charge in [-0.25, -0.2) is 4.79 Å². The Bertz CT molecular complexity index is 886. The highest BCUT2D eigenvalue weighted by molar-refractivity contribution is 5.90. The van der Waals surface area contributed by atoms with Crippen LogP contribution in [0.1, 0.15) is 55.4 Å². The van der Waals surface area contributed by atoms with E-state index in [1.54, 1.807) is 24.0 Å². The smallest absolute Gasteiger partial charge is 0.387 e. The van der Waals surface area contributed by atoms with Crippen LogP contribution in [0.3, 0.4) is 0 Å². The molecule has 1 aromatic heterocycles. The van der Waals surface area contributed by atoms with Gasteiger partial charge in [0.2, 0.25) is 0 Å². The highest BCUT2D eigenvalue weighted by atomic mass is 19.3. The van der Waals surface area contributed by atoms with Crippen LogP contribution >= 0.6 is 0 Å². The summed E-state index contributed by atoms with van der Waals surface area (Å²) in [6, 6.07) is 4.35. The average molecular weight is 405 g/mol. The lowest BCUT2D eigenvalue weighted by atomic mass is 10.2. The predicted octanol–water partition coefficient (Wildman–Crippen LogP) is 4.28. The number of hydrogen-bond donors (Lipinski definition) is 1. The van der Waals surface area contributed by atoms with E-state index in [9.17, 15) is 13.6 Å². The maximum atomic E-state index is 12.9. The average Bonchev–Trinajstić information content (AvgIpc) is 3.25. The van der Waals surface area contributed by atoms with Crippen LogP contribution in [0.25, 0.3) is 0 Å². The van der Waals surface area contributed by atoms with Gasteiger partial charge < -0.3 is 19.5 Å². The molecule has 1 atom stereocenters. The molecular weight excluding hydrogens is 380 g/mol. The number of alkyl halides is 2. The second-order valence-electron chi connectivity index (χ2n) is 7.58. The zero-order chi connectivity index (χ0) is 20.4. The van der Waals surface area contributed by atoms with Crippen LogP contribution in [0.4, 0.5) is 19.3 Å². The molecule has 1 saturated heterocycles. The summed E-state index contributed by atoms with van der Waals surface area (Å²) in [7, 11) is 0. The highest BCUT2D eigenvalue weighted by Crippen LogP contribution is 2.33. The largest absolute Gasteiger partial charge is 0.434 e. The fourth-order valence-electron chi connectivity index (χ4n) is 4.13. The van der Waals surface area contributed by atoms with Crippen molar-refractivity contribution < 1.29 is 18.3 Å². The standard InChI is InChI=1S/C20H25F2N5O2/c1-13-8-9-14(12-16(13)29-19(21)22)23-20(28)26-11-5-6-15(26)18-25-24-17-7-3-2-4-10-27(17)18/h8-9,12,15,19H,2-7,10-11H2,1H3,(H,23,28). The Morgan fingerprint density at radius 2 is 2.07 bits per heavy atom. The van der Waals surface area contributed by atoms with Gasteiger partial charge in [-0.15, -0.1) is 10.2 Å². The zero-order valence-electron chi connectivity index (χ0n) is 16.4. The number of nitrogens with one attached hydrogen (secondary N) is 1. The number of rotatable bonds is 4. The lowest BCUT2D eigenvalue weighted by Crippen LogP contribution is -2.35. The van der Waals surface area contributed by atoms with Crippen molar-refractivity contribution in [1.29, 1.82) is 0 Å². The first kappa shape index (κ1) is 19.6. The number of carbonyl (C=O) groups excluding carboxylic acids is 1. The number of aryl methyl sites for hydroxylation is 2. The van der Waals surface area contributed by atoms with Crippen LogP contribution in [-0.4, -0.2) is 38.9 Å². The van der Waals surface area contributed by atoms with Gasteiger partial charge in [0.15, 0.2) is 5.82 Å². The lowest BCUT2D eigenvalue weighted by molar-refractivity contribution is -0.0502. The van der Waals surface area contributed by atoms with Crippen molar-refractivity contribution in [2.45, 2.75) is 64.6 Å². The van der Waals surface area contributed by atoms with E-state index in [1.807, 2.05) is 0 Å². The molecule has 1 unspecified atom stereocenters. The third kappa shape index (κ3) is 4.18. The van der Waals surface area contributed by atoms with Crippen molar-refractivity contribution in [3.63, 3.8) is 0 Å². The van der Waals surface area contributed by atoms with E-state index in [2.05, 4.69) is 24.8 Å². The highest BCUT2D eigenvalue weighted by Gasteiger charge is 2.34. The molecule has 9 heteroatoms. The lowest BCUT2D eigenvalue weighted by Gasteiger charge is -2.25. The van der Waals surface area contributed by atoms with E-state index in [0.717, 1.165) is 50.3 Å². The van der Waals surface area contributed by atoms with E-state index >= 15 is 0 Å². The Kier molecular flexibility index (Phi) is 5.64. The Morgan fingerprint density at radius 3 is 2.90 bits per heavy atom. The van der Waals surface area contributed by atoms with Crippen molar-refractivity contribution >= 4 is 11.7 Å². The molecule has 0 saturated carbocycles. The molecule has 2 aliphatic heterocycles. The number of fused-ring (bicyclic) bond motifs is 1. The molecule has 7 nitrogen and oxygen atoms in total. The maximum Gasteiger partial charge on any atom is 0.387 e. The van der Waals surface area contributed by atoms with Gasteiger partial charge in [0.05, 0.1) is 6.04 Å². The molecule has 0 aliphatic carbocycles. The molecule has 4 rings (SSSR count). The van der Waals surface area contributed by atoms with Crippen LogP contribution in [0.15, 0.2) is 18.2 Å². The van der Waals surface area contributed by atoms with Crippen molar-refractivity contribution in [2.75, 3.05) is 11.9 Å². The molecule has 2 amide bonds. The second kappa shape index (κ2) is 8.34. The molecule has 1 fully saturated rings. The van der Waals surface area contributed by atoms with Crippen LogP contribution in [0, 0.1) is 6.92 Å². The summed E-state index contributed by atoms with van der Waals surface area (Å²) in [4.78, 5) is 14.7. The molecule has 0 spiro atoms. The van der Waals surface area contributed by atoms with Gasteiger partial charge in [-0.05, 0) is 44.2 Å². The number of hydrogen-bond acceptors (Lipinski definition) is 4. The predicted molar refractivity (Wildman–Crippen MR) is 103 cm³/mol. The number of halogens is 2. The van der Waals surface area contributed by atoms with Gasteiger partial charge in [-0.1, -0.05) is 12.5 Å². The summed E-state index contributed by atoms with van der Waals surface area (Å²) < 4.78 is 31.9. The fourth-order valence-corrected chi connectivity index (χ4v) is 4.13. The minimum Gasteiger partial charge on any atom is -0.434 e. The maximum absolute atomic E-state index is 12.9. The number of nitrogens with zero attached hydrogens (tertiary/aromatic N) is 4. The number of carbonyl (C=O) groups is 1. The van der Waals surface area contributed by atoms with E-state index in [0.29, 0.717) is 17.8 Å². The summed E-state index contributed by atoms with van der Waals surface area (Å²) in [5.41, 5.74) is 0.996. The third-order valence-corrected chi connectivity index (χ3v) is 5.61. The van der Waals surface area contributed by atoms with Crippen molar-refractivity contribution in [3.8, 4) is 5.75 Å². The summed E-state index contributed by atoms with van der Waals surface area (Å²) in [5.74, 6) is 1.90. The first-order valence-electron chi connectivity index (χ1n) is 10.1. The summed E-state index contributed by atoms with van der Waals surface area (Å²) >= 11 is 0. The van der Waals surface area contributed by atoms with Crippen molar-refractivity contribution in [2.24, 2.45) is 0 Å². The van der Waals surface area contributed by atoms with Crippen molar-refractivity contribution in [1.82, 2.24) is 19.7 Å². The Hall–Kier alpha value is -2.71. The molecule has 29 heavy (non-hydrogen) atoms. The number of anilines is 1. The minimum absolute atomic E-state index is 0.0542. The number of likely N-dealkylation sites (tertiary alicyclic amines) is 1. The first-order chi connectivity index (χ1) is 14.0. The van der Waals surface area contributed by atoms with Crippen LogP contribution < -0.4 is 10.1 Å². The van der Waals surface area contributed by atoms with Gasteiger partial charge in [0, 0.05) is 31.3 Å². The SMILES string of the molecule is Cc1ccc(NC(=O)N2CCCC2c2nnc3n2CCCCC3)cc1OC(F)F. The first-order valence-corrected chi connectivity index (χ1v) is 10.1. The van der Waals surface area contributed by atoms with E-state index < -0.39 is 6.61 Å². The van der Waals surface area contributed by atoms with E-state index in [4.69, 9.17) is 0 Å². The number of benzene rings is 1. The Labute approximate surface area is 168 Å². The van der Waals surface area contributed by atoms with Crippen LogP contribution in [0.5, 0.6) is 5.75 Å².